The highest BCUT2D eigenvalue weighted by Crippen LogP contribution is 2.08. The molecule has 92 valence electrons. The van der Waals surface area contributed by atoms with E-state index >= 15 is 0 Å². The summed E-state index contributed by atoms with van der Waals surface area (Å²) in [6.07, 6.45) is 1.32. The minimum absolute atomic E-state index is 0.0818. The summed E-state index contributed by atoms with van der Waals surface area (Å²) in [4.78, 5) is 21.5. The minimum atomic E-state index is -0.0818. The summed E-state index contributed by atoms with van der Waals surface area (Å²) in [6, 6.07) is 1.53. The number of piperazine rings is 1. The topological polar surface area (TPSA) is 70.2 Å². The molecule has 0 unspecified atom stereocenters. The summed E-state index contributed by atoms with van der Waals surface area (Å²) in [7, 11) is 0. The molecule has 1 aliphatic rings. The summed E-state index contributed by atoms with van der Waals surface area (Å²) in [5.41, 5.74) is 0. The zero-order chi connectivity index (χ0) is 12.1. The molecule has 1 amide bonds. The van der Waals surface area contributed by atoms with Crippen molar-refractivity contribution >= 4 is 23.3 Å². The molecular formula is C10H14ClN5O. The number of nitrogens with one attached hydrogen (secondary N) is 2. The van der Waals surface area contributed by atoms with Gasteiger partial charge in [-0.1, -0.05) is 11.6 Å². The molecule has 1 aromatic rings. The largest absolute Gasteiger partial charge is 0.314 e. The van der Waals surface area contributed by atoms with Crippen molar-refractivity contribution in [1.82, 2.24) is 20.2 Å². The van der Waals surface area contributed by atoms with Gasteiger partial charge in [0, 0.05) is 32.2 Å². The Morgan fingerprint density at radius 2 is 2.24 bits per heavy atom. The van der Waals surface area contributed by atoms with Gasteiger partial charge in [-0.3, -0.25) is 9.69 Å². The van der Waals surface area contributed by atoms with Crippen LogP contribution in [0.4, 0.5) is 5.82 Å². The lowest BCUT2D eigenvalue weighted by Gasteiger charge is -2.26. The normalized spacial score (nSPS) is 16.8. The molecular weight excluding hydrogens is 242 g/mol. The number of hydrogen-bond acceptors (Lipinski definition) is 5. The lowest BCUT2D eigenvalue weighted by atomic mass is 10.3. The maximum absolute atomic E-state index is 11.7. The standard InChI is InChI=1S/C10H14ClN5O/c11-8-5-9(14-7-13-8)15-10(17)6-16-3-1-12-2-4-16/h5,7,12H,1-4,6H2,(H,13,14,15,17). The van der Waals surface area contributed by atoms with Crippen molar-refractivity contribution in [2.45, 2.75) is 0 Å². The van der Waals surface area contributed by atoms with Crippen molar-refractivity contribution in [2.24, 2.45) is 0 Å². The van der Waals surface area contributed by atoms with Crippen LogP contribution in [0.1, 0.15) is 0 Å². The third-order valence-electron chi connectivity index (χ3n) is 2.48. The van der Waals surface area contributed by atoms with Gasteiger partial charge in [-0.15, -0.1) is 0 Å². The van der Waals surface area contributed by atoms with Crippen LogP contribution in [0.15, 0.2) is 12.4 Å². The minimum Gasteiger partial charge on any atom is -0.314 e. The molecule has 0 aliphatic carbocycles. The fourth-order valence-corrected chi connectivity index (χ4v) is 1.80. The van der Waals surface area contributed by atoms with Crippen molar-refractivity contribution in [3.8, 4) is 0 Å². The van der Waals surface area contributed by atoms with Crippen LogP contribution in [0.25, 0.3) is 0 Å². The molecule has 1 saturated heterocycles. The number of amides is 1. The van der Waals surface area contributed by atoms with Crippen LogP contribution in [0.3, 0.4) is 0 Å². The number of nitrogens with zero attached hydrogens (tertiary/aromatic N) is 3. The molecule has 2 heterocycles. The van der Waals surface area contributed by atoms with E-state index in [1.54, 1.807) is 0 Å². The van der Waals surface area contributed by atoms with Gasteiger partial charge in [0.15, 0.2) is 0 Å². The lowest BCUT2D eigenvalue weighted by molar-refractivity contribution is -0.117. The summed E-state index contributed by atoms with van der Waals surface area (Å²) >= 11 is 5.70. The van der Waals surface area contributed by atoms with Crippen LogP contribution in [0, 0.1) is 0 Å². The van der Waals surface area contributed by atoms with Crippen LogP contribution >= 0.6 is 11.6 Å². The number of halogens is 1. The summed E-state index contributed by atoms with van der Waals surface area (Å²) < 4.78 is 0. The Morgan fingerprint density at radius 3 is 2.94 bits per heavy atom. The van der Waals surface area contributed by atoms with E-state index in [-0.39, 0.29) is 5.91 Å². The highest BCUT2D eigenvalue weighted by Gasteiger charge is 2.13. The fourth-order valence-electron chi connectivity index (χ4n) is 1.66. The van der Waals surface area contributed by atoms with Gasteiger partial charge in [0.2, 0.25) is 5.91 Å². The zero-order valence-electron chi connectivity index (χ0n) is 9.32. The molecule has 2 rings (SSSR count). The third kappa shape index (κ3) is 3.92. The van der Waals surface area contributed by atoms with Gasteiger partial charge in [0.05, 0.1) is 6.54 Å². The first-order valence-corrected chi connectivity index (χ1v) is 5.82. The maximum Gasteiger partial charge on any atom is 0.239 e. The summed E-state index contributed by atoms with van der Waals surface area (Å²) in [5, 5.41) is 6.24. The van der Waals surface area contributed by atoms with Crippen molar-refractivity contribution in [1.29, 1.82) is 0 Å². The smallest absolute Gasteiger partial charge is 0.239 e. The predicted molar refractivity (Wildman–Crippen MR) is 65.0 cm³/mol. The number of hydrogen-bond donors (Lipinski definition) is 2. The molecule has 0 atom stereocenters. The van der Waals surface area contributed by atoms with Gasteiger partial charge in [0.1, 0.15) is 17.3 Å². The van der Waals surface area contributed by atoms with E-state index in [2.05, 4.69) is 25.5 Å². The van der Waals surface area contributed by atoms with Gasteiger partial charge in [0.25, 0.3) is 0 Å². The van der Waals surface area contributed by atoms with Gasteiger partial charge in [-0.25, -0.2) is 9.97 Å². The molecule has 0 bridgehead atoms. The van der Waals surface area contributed by atoms with Crippen molar-refractivity contribution in [3.63, 3.8) is 0 Å². The Labute approximate surface area is 104 Å². The molecule has 17 heavy (non-hydrogen) atoms. The van der Waals surface area contributed by atoms with E-state index < -0.39 is 0 Å². The van der Waals surface area contributed by atoms with Crippen LogP contribution in [0.2, 0.25) is 5.15 Å². The first-order chi connectivity index (χ1) is 8.24. The molecule has 7 heteroatoms. The van der Waals surface area contributed by atoms with Crippen LogP contribution in [-0.4, -0.2) is 53.5 Å². The van der Waals surface area contributed by atoms with E-state index in [0.717, 1.165) is 26.2 Å². The molecule has 1 aliphatic heterocycles. The Bertz CT molecular complexity index is 394. The number of carbonyl (C=O) groups excluding carboxylic acids is 1. The van der Waals surface area contributed by atoms with Crippen molar-refractivity contribution in [3.05, 3.63) is 17.5 Å². The van der Waals surface area contributed by atoms with Crippen molar-refractivity contribution < 1.29 is 4.79 Å². The molecule has 1 aromatic heterocycles. The summed E-state index contributed by atoms with van der Waals surface area (Å²) in [5.74, 6) is 0.354. The van der Waals surface area contributed by atoms with Gasteiger partial charge >= 0.3 is 0 Å². The van der Waals surface area contributed by atoms with Crippen molar-refractivity contribution in [2.75, 3.05) is 38.0 Å². The molecule has 1 fully saturated rings. The molecule has 2 N–H and O–H groups in total. The Hall–Kier alpha value is -1.24. The molecule has 0 saturated carbocycles. The Kier molecular flexibility index (Phi) is 4.24. The van der Waals surface area contributed by atoms with E-state index in [1.807, 2.05) is 0 Å². The average molecular weight is 256 g/mol. The second-order valence-corrected chi connectivity index (χ2v) is 4.19. The molecule has 6 nitrogen and oxygen atoms in total. The number of carbonyl (C=O) groups is 1. The highest BCUT2D eigenvalue weighted by molar-refractivity contribution is 6.29. The highest BCUT2D eigenvalue weighted by atomic mass is 35.5. The van der Waals surface area contributed by atoms with E-state index in [4.69, 9.17) is 11.6 Å². The second-order valence-electron chi connectivity index (χ2n) is 3.80. The lowest BCUT2D eigenvalue weighted by Crippen LogP contribution is -2.46. The van der Waals surface area contributed by atoms with Crippen LogP contribution in [0.5, 0.6) is 0 Å². The van der Waals surface area contributed by atoms with Gasteiger partial charge in [-0.05, 0) is 0 Å². The number of anilines is 1. The first-order valence-electron chi connectivity index (χ1n) is 5.44. The van der Waals surface area contributed by atoms with E-state index in [1.165, 1.54) is 12.4 Å². The average Bonchev–Trinajstić information content (AvgIpc) is 2.30. The Morgan fingerprint density at radius 1 is 1.47 bits per heavy atom. The zero-order valence-corrected chi connectivity index (χ0v) is 10.1. The Balaban J connectivity index is 1.84. The predicted octanol–water partition coefficient (Wildman–Crippen LogP) is -0.0263. The molecule has 0 aromatic carbocycles. The second kappa shape index (κ2) is 5.90. The van der Waals surface area contributed by atoms with E-state index in [9.17, 15) is 4.79 Å². The van der Waals surface area contributed by atoms with Crippen LogP contribution < -0.4 is 10.6 Å². The SMILES string of the molecule is O=C(CN1CCNCC1)Nc1cc(Cl)ncn1. The van der Waals surface area contributed by atoms with Gasteiger partial charge < -0.3 is 10.6 Å². The van der Waals surface area contributed by atoms with E-state index in [0.29, 0.717) is 17.5 Å². The quantitative estimate of drug-likeness (QED) is 0.743. The monoisotopic (exact) mass is 255 g/mol. The fraction of sp³-hybridized carbons (Fsp3) is 0.500. The van der Waals surface area contributed by atoms with Gasteiger partial charge in [-0.2, -0.15) is 0 Å². The first kappa shape index (κ1) is 12.2. The molecule has 0 spiro atoms. The molecule has 0 radical (unpaired) electrons. The maximum atomic E-state index is 11.7. The van der Waals surface area contributed by atoms with Crippen LogP contribution in [-0.2, 0) is 4.79 Å². The number of aromatic nitrogens is 2. The summed E-state index contributed by atoms with van der Waals surface area (Å²) in [6.45, 7) is 4.00. The number of rotatable bonds is 3. The third-order valence-corrected chi connectivity index (χ3v) is 2.68.